The summed E-state index contributed by atoms with van der Waals surface area (Å²) in [5.74, 6) is 1.66. The van der Waals surface area contributed by atoms with Crippen LogP contribution in [-0.4, -0.2) is 23.2 Å². The molecule has 0 bridgehead atoms. The van der Waals surface area contributed by atoms with Crippen LogP contribution in [-0.2, 0) is 17.6 Å². The first-order valence-electron chi connectivity index (χ1n) is 16.8. The van der Waals surface area contributed by atoms with Crippen molar-refractivity contribution in [3.63, 3.8) is 0 Å². The van der Waals surface area contributed by atoms with Gasteiger partial charge in [-0.05, 0) is 53.9 Å². The first-order chi connectivity index (χ1) is 20.2. The van der Waals surface area contributed by atoms with Gasteiger partial charge in [-0.25, -0.2) is 9.97 Å². The second kappa shape index (κ2) is 20.4. The minimum Gasteiger partial charge on any atom is -0.381 e. The number of nitrogens with zero attached hydrogens (tertiary/aromatic N) is 2. The highest BCUT2D eigenvalue weighted by Crippen LogP contribution is 2.24. The van der Waals surface area contributed by atoms with Crippen LogP contribution in [0.15, 0.2) is 60.9 Å². The normalized spacial score (nSPS) is 12.1. The Balaban J connectivity index is 1.32. The molecule has 3 aromatic rings. The number of aryl methyl sites for hydroxylation is 1. The minimum atomic E-state index is 0.739. The summed E-state index contributed by atoms with van der Waals surface area (Å²) in [5.41, 5.74) is 6.12. The quantitative estimate of drug-likeness (QED) is 0.115. The first-order valence-corrected chi connectivity index (χ1v) is 16.8. The Hall–Kier alpha value is -2.52. The van der Waals surface area contributed by atoms with Gasteiger partial charge in [0.2, 0.25) is 0 Å². The summed E-state index contributed by atoms with van der Waals surface area (Å²) in [5, 5.41) is 0. The fourth-order valence-electron chi connectivity index (χ4n) is 5.32. The molecule has 0 N–H and O–H groups in total. The highest BCUT2D eigenvalue weighted by molar-refractivity contribution is 5.67. The van der Waals surface area contributed by atoms with Gasteiger partial charge in [-0.15, -0.1) is 0 Å². The number of aromatic nitrogens is 2. The van der Waals surface area contributed by atoms with Crippen LogP contribution in [0, 0.1) is 5.92 Å². The summed E-state index contributed by atoms with van der Waals surface area (Å²) in [6.07, 6.45) is 24.7. The monoisotopic (exact) mass is 556 g/mol. The molecule has 3 heteroatoms. The van der Waals surface area contributed by atoms with Crippen LogP contribution >= 0.6 is 0 Å². The largest absolute Gasteiger partial charge is 0.381 e. The Morgan fingerprint density at radius 1 is 0.561 bits per heavy atom. The molecular formula is C38H56N2O. The molecular weight excluding hydrogens is 500 g/mol. The SMILES string of the molecule is CCCCCCCCCc1ccc(-c2ccc(-c3ncc(CCOCCCCCCCC(C)CC)cn3)cc2)cc1. The smallest absolute Gasteiger partial charge is 0.159 e. The first kappa shape index (κ1) is 33.0. The molecule has 0 saturated heterocycles. The molecule has 3 nitrogen and oxygen atoms in total. The highest BCUT2D eigenvalue weighted by Gasteiger charge is 2.05. The Morgan fingerprint density at radius 3 is 1.78 bits per heavy atom. The van der Waals surface area contributed by atoms with Gasteiger partial charge in [0.15, 0.2) is 5.82 Å². The molecule has 0 aliphatic heterocycles. The molecule has 0 spiro atoms. The van der Waals surface area contributed by atoms with Crippen molar-refractivity contribution in [2.24, 2.45) is 5.92 Å². The molecule has 2 aromatic carbocycles. The van der Waals surface area contributed by atoms with Crippen molar-refractivity contribution >= 4 is 0 Å². The molecule has 1 aromatic heterocycles. The van der Waals surface area contributed by atoms with E-state index in [0.29, 0.717) is 0 Å². The van der Waals surface area contributed by atoms with Crippen molar-refractivity contribution in [2.45, 2.75) is 124 Å². The van der Waals surface area contributed by atoms with Crippen LogP contribution in [0.1, 0.15) is 122 Å². The van der Waals surface area contributed by atoms with Crippen molar-refractivity contribution in [3.05, 3.63) is 72.1 Å². The van der Waals surface area contributed by atoms with Gasteiger partial charge in [0.25, 0.3) is 0 Å². The van der Waals surface area contributed by atoms with Gasteiger partial charge in [0, 0.05) is 24.6 Å². The minimum absolute atomic E-state index is 0.739. The predicted molar refractivity (Wildman–Crippen MR) is 176 cm³/mol. The number of hydrogen-bond donors (Lipinski definition) is 0. The third-order valence-corrected chi connectivity index (χ3v) is 8.42. The lowest BCUT2D eigenvalue weighted by Gasteiger charge is -2.08. The van der Waals surface area contributed by atoms with E-state index in [1.807, 2.05) is 12.4 Å². The van der Waals surface area contributed by atoms with E-state index in [-0.39, 0.29) is 0 Å². The molecule has 0 saturated carbocycles. The van der Waals surface area contributed by atoms with Gasteiger partial charge >= 0.3 is 0 Å². The third-order valence-electron chi connectivity index (χ3n) is 8.42. The summed E-state index contributed by atoms with van der Waals surface area (Å²) >= 11 is 0. The summed E-state index contributed by atoms with van der Waals surface area (Å²) < 4.78 is 5.86. The van der Waals surface area contributed by atoms with Crippen LogP contribution < -0.4 is 0 Å². The zero-order chi connectivity index (χ0) is 29.0. The maximum atomic E-state index is 5.86. The van der Waals surface area contributed by atoms with Crippen molar-refractivity contribution in [3.8, 4) is 22.5 Å². The Bertz CT molecular complexity index is 1040. The van der Waals surface area contributed by atoms with Gasteiger partial charge in [-0.1, -0.05) is 146 Å². The molecule has 1 atom stereocenters. The molecule has 0 aliphatic carbocycles. The number of benzene rings is 2. The molecule has 0 fully saturated rings. The van der Waals surface area contributed by atoms with E-state index in [0.717, 1.165) is 48.9 Å². The average Bonchev–Trinajstić information content (AvgIpc) is 3.02. The molecule has 41 heavy (non-hydrogen) atoms. The van der Waals surface area contributed by atoms with Crippen molar-refractivity contribution < 1.29 is 4.74 Å². The van der Waals surface area contributed by atoms with Gasteiger partial charge in [-0.3, -0.25) is 0 Å². The molecule has 0 aliphatic rings. The summed E-state index contributed by atoms with van der Waals surface area (Å²) in [4.78, 5) is 9.26. The van der Waals surface area contributed by atoms with E-state index in [1.54, 1.807) is 0 Å². The van der Waals surface area contributed by atoms with Gasteiger partial charge in [0.1, 0.15) is 0 Å². The van der Waals surface area contributed by atoms with E-state index in [2.05, 4.69) is 79.3 Å². The lowest BCUT2D eigenvalue weighted by Crippen LogP contribution is -2.02. The van der Waals surface area contributed by atoms with E-state index >= 15 is 0 Å². The Kier molecular flexibility index (Phi) is 16.4. The van der Waals surface area contributed by atoms with E-state index in [9.17, 15) is 0 Å². The maximum Gasteiger partial charge on any atom is 0.159 e. The fourth-order valence-corrected chi connectivity index (χ4v) is 5.32. The average molecular weight is 557 g/mol. The van der Waals surface area contributed by atoms with Crippen LogP contribution in [0.5, 0.6) is 0 Å². The predicted octanol–water partition coefficient (Wildman–Crippen LogP) is 11.0. The number of rotatable bonds is 22. The van der Waals surface area contributed by atoms with Crippen LogP contribution in [0.3, 0.4) is 0 Å². The third kappa shape index (κ3) is 13.3. The van der Waals surface area contributed by atoms with Crippen molar-refractivity contribution in [1.29, 1.82) is 0 Å². The van der Waals surface area contributed by atoms with Crippen molar-refractivity contribution in [2.75, 3.05) is 13.2 Å². The number of unbranched alkanes of at least 4 members (excludes halogenated alkanes) is 10. The Morgan fingerprint density at radius 2 is 1.12 bits per heavy atom. The van der Waals surface area contributed by atoms with Crippen molar-refractivity contribution in [1.82, 2.24) is 9.97 Å². The van der Waals surface area contributed by atoms with E-state index in [4.69, 9.17) is 4.74 Å². The second-order valence-corrected chi connectivity index (χ2v) is 12.0. The summed E-state index contributed by atoms with van der Waals surface area (Å²) in [7, 11) is 0. The number of hydrogen-bond acceptors (Lipinski definition) is 3. The topological polar surface area (TPSA) is 35.0 Å². The van der Waals surface area contributed by atoms with E-state index < -0.39 is 0 Å². The molecule has 224 valence electrons. The van der Waals surface area contributed by atoms with Crippen LogP contribution in [0.25, 0.3) is 22.5 Å². The lowest BCUT2D eigenvalue weighted by atomic mass is 10.00. The molecule has 3 rings (SSSR count). The summed E-state index contributed by atoms with van der Waals surface area (Å²) in [6, 6.07) is 17.7. The molecule has 1 unspecified atom stereocenters. The lowest BCUT2D eigenvalue weighted by molar-refractivity contribution is 0.132. The zero-order valence-electron chi connectivity index (χ0n) is 26.4. The highest BCUT2D eigenvalue weighted by atomic mass is 16.5. The number of ether oxygens (including phenoxy) is 1. The zero-order valence-corrected chi connectivity index (χ0v) is 26.4. The van der Waals surface area contributed by atoms with Crippen LogP contribution in [0.4, 0.5) is 0 Å². The molecule has 0 radical (unpaired) electrons. The Labute approximate surface area is 251 Å². The summed E-state index contributed by atoms with van der Waals surface area (Å²) in [6.45, 7) is 8.53. The van der Waals surface area contributed by atoms with E-state index in [1.165, 1.54) is 107 Å². The molecule has 1 heterocycles. The van der Waals surface area contributed by atoms with Gasteiger partial charge in [0.05, 0.1) is 6.61 Å². The molecule has 0 amide bonds. The van der Waals surface area contributed by atoms with Crippen LogP contribution in [0.2, 0.25) is 0 Å². The maximum absolute atomic E-state index is 5.86. The standard InChI is InChI=1S/C38H56N2O/c1-4-6-7-8-9-12-15-18-33-19-21-35(22-20-33)36-23-25-37(26-24-36)38-39-30-34(31-40-38)27-29-41-28-16-13-10-11-14-17-32(3)5-2/h19-26,30-32H,4-18,27-29H2,1-3H3. The second-order valence-electron chi connectivity index (χ2n) is 12.0. The fraction of sp³-hybridized carbons (Fsp3) is 0.579. The van der Waals surface area contributed by atoms with Gasteiger partial charge < -0.3 is 4.74 Å². The van der Waals surface area contributed by atoms with Gasteiger partial charge in [-0.2, -0.15) is 0 Å².